The van der Waals surface area contributed by atoms with Gasteiger partial charge >= 0.3 is 5.97 Å². The van der Waals surface area contributed by atoms with Gasteiger partial charge in [0.05, 0.1) is 11.1 Å². The van der Waals surface area contributed by atoms with Crippen molar-refractivity contribution in [3.8, 4) is 0 Å². The lowest BCUT2D eigenvalue weighted by molar-refractivity contribution is 0.0475. The number of aldehydes is 1. The lowest BCUT2D eigenvalue weighted by Crippen LogP contribution is -2.06. The van der Waals surface area contributed by atoms with Crippen molar-refractivity contribution in [2.24, 2.45) is 0 Å². The van der Waals surface area contributed by atoms with Gasteiger partial charge in [-0.05, 0) is 11.6 Å². The van der Waals surface area contributed by atoms with Gasteiger partial charge in [-0.3, -0.25) is 4.79 Å². The van der Waals surface area contributed by atoms with Crippen LogP contribution in [0.2, 0.25) is 0 Å². The highest BCUT2D eigenvalue weighted by Gasteiger charge is 2.14. The Morgan fingerprint density at radius 2 is 1.90 bits per heavy atom. The van der Waals surface area contributed by atoms with Crippen LogP contribution in [0.5, 0.6) is 0 Å². The number of carbonyl (C=O) groups excluding carboxylic acids is 2. The average molecular weight is 279 g/mol. The summed E-state index contributed by atoms with van der Waals surface area (Å²) in [6.07, 6.45) is 2.35. The van der Waals surface area contributed by atoms with Crippen LogP contribution in [0.1, 0.15) is 26.3 Å². The first-order chi connectivity index (χ1) is 10.3. The first-order valence-electron chi connectivity index (χ1n) is 6.56. The summed E-state index contributed by atoms with van der Waals surface area (Å²) in [5.74, 6) is -0.413. The SMILES string of the molecule is O=Cc1c[nH]c2c(C(=O)OCc3ccccc3)cccc12. The van der Waals surface area contributed by atoms with E-state index in [1.165, 1.54) is 0 Å². The van der Waals surface area contributed by atoms with Gasteiger partial charge in [0.1, 0.15) is 6.61 Å². The quantitative estimate of drug-likeness (QED) is 0.588. The highest BCUT2D eigenvalue weighted by molar-refractivity contribution is 6.07. The minimum Gasteiger partial charge on any atom is -0.457 e. The Bertz CT molecular complexity index is 790. The molecule has 0 saturated carbocycles. The summed E-state index contributed by atoms with van der Waals surface area (Å²) in [5.41, 5.74) is 2.51. The second-order valence-electron chi connectivity index (χ2n) is 4.65. The maximum absolute atomic E-state index is 12.2. The molecule has 1 heterocycles. The van der Waals surface area contributed by atoms with Crippen LogP contribution in [0.25, 0.3) is 10.9 Å². The highest BCUT2D eigenvalue weighted by Crippen LogP contribution is 2.21. The van der Waals surface area contributed by atoms with Gasteiger partial charge in [0.2, 0.25) is 0 Å². The lowest BCUT2D eigenvalue weighted by Gasteiger charge is -2.06. The molecule has 3 aromatic rings. The molecule has 2 aromatic carbocycles. The number of para-hydroxylation sites is 1. The van der Waals surface area contributed by atoms with E-state index in [0.29, 0.717) is 16.6 Å². The molecule has 0 aliphatic heterocycles. The number of hydrogen-bond donors (Lipinski definition) is 1. The summed E-state index contributed by atoms with van der Waals surface area (Å²) < 4.78 is 5.32. The molecule has 0 aliphatic rings. The number of H-pyrrole nitrogens is 1. The zero-order valence-electron chi connectivity index (χ0n) is 11.2. The number of nitrogens with one attached hydrogen (secondary N) is 1. The van der Waals surface area contributed by atoms with E-state index in [2.05, 4.69) is 4.98 Å². The Labute approximate surface area is 121 Å². The molecular weight excluding hydrogens is 266 g/mol. The maximum atomic E-state index is 12.2. The molecule has 0 radical (unpaired) electrons. The standard InChI is InChI=1S/C17H13NO3/c19-10-13-9-18-16-14(13)7-4-8-15(16)17(20)21-11-12-5-2-1-3-6-12/h1-10,18H,11H2. The zero-order chi connectivity index (χ0) is 14.7. The van der Waals surface area contributed by atoms with Gasteiger partial charge in [0.15, 0.2) is 6.29 Å². The normalized spacial score (nSPS) is 10.5. The fourth-order valence-corrected chi connectivity index (χ4v) is 2.24. The van der Waals surface area contributed by atoms with Crippen molar-refractivity contribution < 1.29 is 14.3 Å². The van der Waals surface area contributed by atoms with Gasteiger partial charge in [-0.1, -0.05) is 42.5 Å². The number of ether oxygens (including phenoxy) is 1. The third-order valence-electron chi connectivity index (χ3n) is 3.31. The Kier molecular flexibility index (Phi) is 3.51. The van der Waals surface area contributed by atoms with Crippen molar-refractivity contribution in [1.29, 1.82) is 0 Å². The van der Waals surface area contributed by atoms with Gasteiger partial charge in [-0.25, -0.2) is 4.79 Å². The average Bonchev–Trinajstić information content (AvgIpc) is 2.96. The monoisotopic (exact) mass is 279 g/mol. The van der Waals surface area contributed by atoms with E-state index in [4.69, 9.17) is 4.74 Å². The van der Waals surface area contributed by atoms with Crippen molar-refractivity contribution >= 4 is 23.2 Å². The molecule has 0 spiro atoms. The summed E-state index contributed by atoms with van der Waals surface area (Å²) in [6.45, 7) is 0.220. The summed E-state index contributed by atoms with van der Waals surface area (Å²) >= 11 is 0. The van der Waals surface area contributed by atoms with E-state index in [-0.39, 0.29) is 6.61 Å². The van der Waals surface area contributed by atoms with Crippen LogP contribution in [0.15, 0.2) is 54.7 Å². The molecule has 0 unspecified atom stereocenters. The Balaban J connectivity index is 1.85. The molecule has 1 aromatic heterocycles. The van der Waals surface area contributed by atoms with Crippen molar-refractivity contribution in [3.05, 3.63) is 71.4 Å². The Morgan fingerprint density at radius 1 is 1.10 bits per heavy atom. The molecule has 0 fully saturated rings. The van der Waals surface area contributed by atoms with Gasteiger partial charge in [0.25, 0.3) is 0 Å². The van der Waals surface area contributed by atoms with Gasteiger partial charge in [0, 0.05) is 17.1 Å². The van der Waals surface area contributed by atoms with Crippen LogP contribution < -0.4 is 0 Å². The van der Waals surface area contributed by atoms with Crippen LogP contribution in [-0.4, -0.2) is 17.2 Å². The molecule has 4 heteroatoms. The van der Waals surface area contributed by atoms with Crippen molar-refractivity contribution in [2.75, 3.05) is 0 Å². The molecule has 3 rings (SSSR count). The number of rotatable bonds is 4. The second-order valence-corrected chi connectivity index (χ2v) is 4.65. The third-order valence-corrected chi connectivity index (χ3v) is 3.31. The smallest absolute Gasteiger partial charge is 0.340 e. The molecule has 0 atom stereocenters. The van der Waals surface area contributed by atoms with E-state index in [1.54, 1.807) is 24.4 Å². The number of carbonyl (C=O) groups is 2. The fourth-order valence-electron chi connectivity index (χ4n) is 2.24. The molecule has 21 heavy (non-hydrogen) atoms. The van der Waals surface area contributed by atoms with Crippen LogP contribution in [0, 0.1) is 0 Å². The van der Waals surface area contributed by atoms with Crippen LogP contribution >= 0.6 is 0 Å². The minimum absolute atomic E-state index is 0.220. The predicted molar refractivity (Wildman–Crippen MR) is 79.2 cm³/mol. The maximum Gasteiger partial charge on any atom is 0.340 e. The molecule has 104 valence electrons. The van der Waals surface area contributed by atoms with Gasteiger partial charge in [-0.15, -0.1) is 0 Å². The molecule has 0 amide bonds. The number of esters is 1. The van der Waals surface area contributed by atoms with E-state index in [9.17, 15) is 9.59 Å². The lowest BCUT2D eigenvalue weighted by atomic mass is 10.1. The zero-order valence-corrected chi connectivity index (χ0v) is 11.2. The van der Waals surface area contributed by atoms with Crippen LogP contribution in [-0.2, 0) is 11.3 Å². The molecule has 0 bridgehead atoms. The summed E-state index contributed by atoms with van der Waals surface area (Å²) in [5, 5.41) is 0.721. The molecule has 0 saturated heterocycles. The number of benzene rings is 2. The van der Waals surface area contributed by atoms with Crippen molar-refractivity contribution in [2.45, 2.75) is 6.61 Å². The fraction of sp³-hybridized carbons (Fsp3) is 0.0588. The highest BCUT2D eigenvalue weighted by atomic mass is 16.5. The van der Waals surface area contributed by atoms with Gasteiger partial charge in [-0.2, -0.15) is 0 Å². The summed E-state index contributed by atoms with van der Waals surface area (Å²) in [7, 11) is 0. The minimum atomic E-state index is -0.413. The number of hydrogen-bond acceptors (Lipinski definition) is 3. The third kappa shape index (κ3) is 2.56. The number of aromatic nitrogens is 1. The predicted octanol–water partition coefficient (Wildman–Crippen LogP) is 3.34. The van der Waals surface area contributed by atoms with Crippen molar-refractivity contribution in [1.82, 2.24) is 4.98 Å². The number of fused-ring (bicyclic) bond motifs is 1. The molecule has 1 N–H and O–H groups in total. The van der Waals surface area contributed by atoms with Crippen molar-refractivity contribution in [3.63, 3.8) is 0 Å². The summed E-state index contributed by atoms with van der Waals surface area (Å²) in [4.78, 5) is 26.1. The summed E-state index contributed by atoms with van der Waals surface area (Å²) in [6, 6.07) is 14.7. The van der Waals surface area contributed by atoms with Crippen LogP contribution in [0.4, 0.5) is 0 Å². The molecule has 0 aliphatic carbocycles. The van der Waals surface area contributed by atoms with E-state index in [1.807, 2.05) is 30.3 Å². The first kappa shape index (κ1) is 13.1. The van der Waals surface area contributed by atoms with Gasteiger partial charge < -0.3 is 9.72 Å². The second kappa shape index (κ2) is 5.63. The van der Waals surface area contributed by atoms with E-state index in [0.717, 1.165) is 17.2 Å². The van der Waals surface area contributed by atoms with Crippen LogP contribution in [0.3, 0.4) is 0 Å². The molecular formula is C17H13NO3. The Morgan fingerprint density at radius 3 is 2.67 bits per heavy atom. The number of aromatic amines is 1. The first-order valence-corrected chi connectivity index (χ1v) is 6.56. The topological polar surface area (TPSA) is 59.2 Å². The van der Waals surface area contributed by atoms with E-state index < -0.39 is 5.97 Å². The molecule has 4 nitrogen and oxygen atoms in total. The van der Waals surface area contributed by atoms with E-state index >= 15 is 0 Å². The largest absolute Gasteiger partial charge is 0.457 e. The Hall–Kier alpha value is -2.88.